The molecule has 1 fully saturated rings. The Kier molecular flexibility index (Phi) is 5.35. The van der Waals surface area contributed by atoms with Crippen LogP contribution in [-0.4, -0.2) is 5.91 Å². The molecule has 0 bridgehead atoms. The lowest BCUT2D eigenvalue weighted by Gasteiger charge is -2.19. The predicted octanol–water partition coefficient (Wildman–Crippen LogP) is 3.97. The van der Waals surface area contributed by atoms with Crippen LogP contribution >= 0.6 is 0 Å². The van der Waals surface area contributed by atoms with Crippen molar-refractivity contribution in [3.63, 3.8) is 0 Å². The van der Waals surface area contributed by atoms with Crippen LogP contribution in [0, 0.1) is 16.7 Å². The Morgan fingerprint density at radius 2 is 1.72 bits per heavy atom. The van der Waals surface area contributed by atoms with Crippen LogP contribution in [0.15, 0.2) is 54.6 Å². The highest BCUT2D eigenvalue weighted by atomic mass is 16.5. The Hall–Kier alpha value is -2.80. The summed E-state index contributed by atoms with van der Waals surface area (Å²) < 4.78 is 5.76. The number of ether oxygens (including phenoxy) is 1. The Bertz CT molecular complexity index is 742. The first kappa shape index (κ1) is 17.0. The van der Waals surface area contributed by atoms with Crippen LogP contribution in [0.4, 0.5) is 0 Å². The first-order valence-electron chi connectivity index (χ1n) is 8.67. The minimum absolute atomic E-state index is 0.142. The maximum Gasteiger partial charge on any atom is 0.240 e. The summed E-state index contributed by atoms with van der Waals surface area (Å²) in [4.78, 5) is 12.3. The molecule has 4 heteroatoms. The molecule has 0 spiro atoms. The van der Waals surface area contributed by atoms with E-state index >= 15 is 0 Å². The summed E-state index contributed by atoms with van der Waals surface area (Å²) in [5.41, 5.74) is 1.29. The monoisotopic (exact) mass is 334 g/mol. The smallest absolute Gasteiger partial charge is 0.240 e. The Morgan fingerprint density at radius 3 is 2.36 bits per heavy atom. The second-order valence-corrected chi connectivity index (χ2v) is 6.50. The van der Waals surface area contributed by atoms with E-state index in [-0.39, 0.29) is 5.91 Å². The van der Waals surface area contributed by atoms with Crippen molar-refractivity contribution in [3.05, 3.63) is 65.7 Å². The third-order valence-corrected chi connectivity index (χ3v) is 4.73. The van der Waals surface area contributed by atoms with Gasteiger partial charge in [-0.1, -0.05) is 55.3 Å². The Balaban J connectivity index is 1.51. The number of benzene rings is 2. The molecule has 1 aliphatic rings. The maximum absolute atomic E-state index is 12.3. The van der Waals surface area contributed by atoms with Gasteiger partial charge in [0.05, 0.1) is 6.07 Å². The van der Waals surface area contributed by atoms with Gasteiger partial charge in [0.1, 0.15) is 17.8 Å². The van der Waals surface area contributed by atoms with Gasteiger partial charge in [0.2, 0.25) is 5.91 Å². The van der Waals surface area contributed by atoms with E-state index in [1.165, 1.54) is 0 Å². The third-order valence-electron chi connectivity index (χ3n) is 4.73. The number of nitrogens with one attached hydrogen (secondary N) is 1. The molecule has 0 aromatic heterocycles. The number of carbonyl (C=O) groups excluding carboxylic acids is 1. The van der Waals surface area contributed by atoms with Crippen LogP contribution in [0.3, 0.4) is 0 Å². The van der Waals surface area contributed by atoms with Crippen molar-refractivity contribution in [2.45, 2.75) is 38.8 Å². The summed E-state index contributed by atoms with van der Waals surface area (Å²) in [7, 11) is 0. The fourth-order valence-corrected chi connectivity index (χ4v) is 3.16. The van der Waals surface area contributed by atoms with Crippen LogP contribution in [0.2, 0.25) is 0 Å². The van der Waals surface area contributed by atoms with Gasteiger partial charge < -0.3 is 10.1 Å². The van der Waals surface area contributed by atoms with Crippen LogP contribution < -0.4 is 10.1 Å². The molecule has 128 valence electrons. The second kappa shape index (κ2) is 7.85. The van der Waals surface area contributed by atoms with E-state index in [0.29, 0.717) is 26.0 Å². The molecule has 2 aromatic rings. The van der Waals surface area contributed by atoms with Crippen LogP contribution in [0.1, 0.15) is 36.8 Å². The van der Waals surface area contributed by atoms with Gasteiger partial charge in [-0.15, -0.1) is 0 Å². The molecule has 1 N–H and O–H groups in total. The zero-order valence-corrected chi connectivity index (χ0v) is 14.2. The summed E-state index contributed by atoms with van der Waals surface area (Å²) in [6.07, 6.45) is 3.24. The van der Waals surface area contributed by atoms with Crippen molar-refractivity contribution in [1.82, 2.24) is 5.32 Å². The number of nitrogens with zero attached hydrogens (tertiary/aromatic N) is 1. The van der Waals surface area contributed by atoms with Crippen molar-refractivity contribution in [3.8, 4) is 11.8 Å². The fourth-order valence-electron chi connectivity index (χ4n) is 3.16. The summed E-state index contributed by atoms with van der Waals surface area (Å²) in [6, 6.07) is 19.9. The average Bonchev–Trinajstić information content (AvgIpc) is 3.16. The number of amides is 1. The normalized spacial score (nSPS) is 15.3. The van der Waals surface area contributed by atoms with Gasteiger partial charge in [0, 0.05) is 6.54 Å². The number of nitriles is 1. The predicted molar refractivity (Wildman–Crippen MR) is 95.6 cm³/mol. The highest BCUT2D eigenvalue weighted by Gasteiger charge is 2.41. The third kappa shape index (κ3) is 4.19. The quantitative estimate of drug-likeness (QED) is 0.869. The molecule has 0 atom stereocenters. The molecule has 0 heterocycles. The first-order valence-corrected chi connectivity index (χ1v) is 8.67. The SMILES string of the molecule is N#CC1(C(=O)NCc2ccc(OCc3ccccc3)cc2)CCCC1. The minimum Gasteiger partial charge on any atom is -0.489 e. The zero-order valence-electron chi connectivity index (χ0n) is 14.2. The van der Waals surface area contributed by atoms with Crippen LogP contribution in [0.5, 0.6) is 5.75 Å². The van der Waals surface area contributed by atoms with Gasteiger partial charge in [-0.2, -0.15) is 5.26 Å². The molecule has 0 saturated heterocycles. The van der Waals surface area contributed by atoms with Gasteiger partial charge in [0.15, 0.2) is 0 Å². The van der Waals surface area contributed by atoms with Crippen molar-refractivity contribution < 1.29 is 9.53 Å². The average molecular weight is 334 g/mol. The number of carbonyl (C=O) groups is 1. The fraction of sp³-hybridized carbons (Fsp3) is 0.333. The summed E-state index contributed by atoms with van der Waals surface area (Å²) in [5, 5.41) is 12.3. The van der Waals surface area contributed by atoms with Crippen LogP contribution in [0.25, 0.3) is 0 Å². The molecular weight excluding hydrogens is 312 g/mol. The van der Waals surface area contributed by atoms with E-state index in [1.54, 1.807) is 0 Å². The van der Waals surface area contributed by atoms with Crippen molar-refractivity contribution >= 4 is 5.91 Å². The lowest BCUT2D eigenvalue weighted by Crippen LogP contribution is -2.37. The largest absolute Gasteiger partial charge is 0.489 e. The first-order chi connectivity index (χ1) is 12.2. The van der Waals surface area contributed by atoms with E-state index in [0.717, 1.165) is 29.7 Å². The molecular formula is C21H22N2O2. The standard InChI is InChI=1S/C21H22N2O2/c22-16-21(12-4-5-13-21)20(24)23-14-17-8-10-19(11-9-17)25-15-18-6-2-1-3-7-18/h1-3,6-11H,4-5,12-15H2,(H,23,24). The molecule has 1 aliphatic carbocycles. The molecule has 25 heavy (non-hydrogen) atoms. The summed E-state index contributed by atoms with van der Waals surface area (Å²) >= 11 is 0. The van der Waals surface area contributed by atoms with Crippen molar-refractivity contribution in [2.24, 2.45) is 5.41 Å². The molecule has 1 amide bonds. The van der Waals surface area contributed by atoms with Crippen molar-refractivity contribution in [1.29, 1.82) is 5.26 Å². The zero-order chi connectivity index (χ0) is 17.5. The molecule has 0 aliphatic heterocycles. The lowest BCUT2D eigenvalue weighted by atomic mass is 9.87. The Morgan fingerprint density at radius 1 is 1.04 bits per heavy atom. The molecule has 1 saturated carbocycles. The summed E-state index contributed by atoms with van der Waals surface area (Å²) in [6.45, 7) is 0.961. The Labute approximate surface area is 148 Å². The number of hydrogen-bond donors (Lipinski definition) is 1. The van der Waals surface area contributed by atoms with E-state index in [4.69, 9.17) is 4.74 Å². The van der Waals surface area contributed by atoms with Gasteiger partial charge in [-0.05, 0) is 36.1 Å². The minimum atomic E-state index is -0.821. The molecule has 3 rings (SSSR count). The van der Waals surface area contributed by atoms with E-state index in [2.05, 4.69) is 11.4 Å². The van der Waals surface area contributed by atoms with E-state index in [1.807, 2.05) is 54.6 Å². The number of rotatable bonds is 6. The highest BCUT2D eigenvalue weighted by Crippen LogP contribution is 2.37. The van der Waals surface area contributed by atoms with Gasteiger partial charge in [-0.3, -0.25) is 4.79 Å². The molecule has 2 aromatic carbocycles. The van der Waals surface area contributed by atoms with E-state index in [9.17, 15) is 10.1 Å². The lowest BCUT2D eigenvalue weighted by molar-refractivity contribution is -0.128. The molecule has 4 nitrogen and oxygen atoms in total. The van der Waals surface area contributed by atoms with Crippen LogP contribution in [-0.2, 0) is 17.9 Å². The van der Waals surface area contributed by atoms with Gasteiger partial charge in [0.25, 0.3) is 0 Å². The topological polar surface area (TPSA) is 62.1 Å². The van der Waals surface area contributed by atoms with Gasteiger partial charge >= 0.3 is 0 Å². The summed E-state index contributed by atoms with van der Waals surface area (Å²) in [5.74, 6) is 0.653. The highest BCUT2D eigenvalue weighted by molar-refractivity contribution is 5.85. The molecule has 0 unspecified atom stereocenters. The van der Waals surface area contributed by atoms with Gasteiger partial charge in [-0.25, -0.2) is 0 Å². The second-order valence-electron chi connectivity index (χ2n) is 6.50. The maximum atomic E-state index is 12.3. The van der Waals surface area contributed by atoms with Crippen molar-refractivity contribution in [2.75, 3.05) is 0 Å². The molecule has 0 radical (unpaired) electrons. The number of hydrogen-bond acceptors (Lipinski definition) is 3. The van der Waals surface area contributed by atoms with E-state index < -0.39 is 5.41 Å².